The molecule has 0 saturated carbocycles. The second kappa shape index (κ2) is 5.29. The van der Waals surface area contributed by atoms with Crippen LogP contribution in [0.5, 0.6) is 0 Å². The molecule has 0 bridgehead atoms. The van der Waals surface area contributed by atoms with Crippen LogP contribution in [0, 0.1) is 0 Å². The fraction of sp³-hybridized carbons (Fsp3) is 0.571. The molecule has 0 unspecified atom stereocenters. The first-order valence-electron chi connectivity index (χ1n) is 3.29. The first-order valence-corrected chi connectivity index (χ1v) is 3.29. The fourth-order valence-electron chi connectivity index (χ4n) is 0.578. The quantitative estimate of drug-likeness (QED) is 0.431. The maximum Gasteiger partial charge on any atom is 0.309 e. The average molecular weight is 174 g/mol. The van der Waals surface area contributed by atoms with E-state index in [1.165, 1.54) is 7.11 Å². The molecule has 12 heavy (non-hydrogen) atoms. The first kappa shape index (κ1) is 10.6. The number of ether oxygens (including phenoxy) is 2. The number of hydrogen-bond acceptors (Lipinski definition) is 5. The lowest BCUT2D eigenvalue weighted by Gasteiger charge is -2.07. The molecule has 0 amide bonds. The summed E-state index contributed by atoms with van der Waals surface area (Å²) in [5, 5.41) is 0. The Morgan fingerprint density at radius 3 is 2.42 bits per heavy atom. The molecule has 0 aromatic heterocycles. The third-order valence-corrected chi connectivity index (χ3v) is 1.06. The summed E-state index contributed by atoms with van der Waals surface area (Å²) in [6, 6.07) is 0. The molecular weight excluding hydrogens is 164 g/mol. The van der Waals surface area contributed by atoms with Crippen LogP contribution in [0.25, 0.3) is 0 Å². The van der Waals surface area contributed by atoms with Gasteiger partial charge in [0.05, 0.1) is 13.5 Å². The lowest BCUT2D eigenvalue weighted by molar-refractivity contribution is -0.154. The number of carbonyl (C=O) groups is 3. The van der Waals surface area contributed by atoms with Gasteiger partial charge in [-0.05, 0) is 0 Å². The lowest BCUT2D eigenvalue weighted by Crippen LogP contribution is -2.22. The van der Waals surface area contributed by atoms with Gasteiger partial charge in [-0.2, -0.15) is 0 Å². The zero-order chi connectivity index (χ0) is 9.56. The minimum absolute atomic E-state index is 0.237. The molecule has 0 aliphatic heterocycles. The summed E-state index contributed by atoms with van der Waals surface area (Å²) in [6.07, 6.45) is -0.882. The molecular formula is C7H10O5. The highest BCUT2D eigenvalue weighted by Crippen LogP contribution is 1.97. The van der Waals surface area contributed by atoms with Crippen molar-refractivity contribution in [2.75, 3.05) is 7.11 Å². The van der Waals surface area contributed by atoms with Crippen molar-refractivity contribution >= 4 is 18.2 Å². The molecule has 0 saturated heterocycles. The summed E-state index contributed by atoms with van der Waals surface area (Å²) >= 11 is 0. The predicted octanol–water partition coefficient (Wildman–Crippen LogP) is -0.320. The van der Waals surface area contributed by atoms with Crippen LogP contribution < -0.4 is 0 Å². The van der Waals surface area contributed by atoms with Gasteiger partial charge in [0.1, 0.15) is 0 Å². The Bertz CT molecular complexity index is 186. The minimum atomic E-state index is -1.03. The van der Waals surface area contributed by atoms with E-state index in [1.54, 1.807) is 0 Å². The molecule has 0 N–H and O–H groups in total. The first-order chi connectivity index (χ1) is 5.60. The highest BCUT2D eigenvalue weighted by atomic mass is 16.6. The highest BCUT2D eigenvalue weighted by Gasteiger charge is 2.15. The average Bonchev–Trinajstić information content (AvgIpc) is 2.02. The molecule has 0 aromatic rings. The van der Waals surface area contributed by atoms with E-state index >= 15 is 0 Å². The topological polar surface area (TPSA) is 69.7 Å². The molecule has 0 aliphatic rings. The van der Waals surface area contributed by atoms with Crippen molar-refractivity contribution < 1.29 is 23.9 Å². The van der Waals surface area contributed by atoms with Crippen molar-refractivity contribution in [2.24, 2.45) is 0 Å². The molecule has 5 heteroatoms. The number of rotatable bonds is 4. The van der Waals surface area contributed by atoms with E-state index in [1.807, 2.05) is 0 Å². The molecule has 0 aliphatic carbocycles. The van der Waals surface area contributed by atoms with Crippen LogP contribution in [0.2, 0.25) is 0 Å². The van der Waals surface area contributed by atoms with E-state index in [0.717, 1.165) is 6.92 Å². The SMILES string of the molecule is COC(=O)C[C@H](C=O)OC(C)=O. The highest BCUT2D eigenvalue weighted by molar-refractivity contribution is 5.77. The summed E-state index contributed by atoms with van der Waals surface area (Å²) in [5.74, 6) is -1.19. The summed E-state index contributed by atoms with van der Waals surface area (Å²) in [6.45, 7) is 1.16. The second-order valence-corrected chi connectivity index (χ2v) is 2.06. The normalized spacial score (nSPS) is 11.5. The van der Waals surface area contributed by atoms with Crippen LogP contribution in [0.4, 0.5) is 0 Å². The van der Waals surface area contributed by atoms with Gasteiger partial charge in [0.25, 0.3) is 0 Å². The minimum Gasteiger partial charge on any atom is -0.469 e. The van der Waals surface area contributed by atoms with Gasteiger partial charge >= 0.3 is 11.9 Å². The molecule has 0 heterocycles. The molecule has 68 valence electrons. The second-order valence-electron chi connectivity index (χ2n) is 2.06. The summed E-state index contributed by atoms with van der Waals surface area (Å²) in [7, 11) is 1.19. The predicted molar refractivity (Wildman–Crippen MR) is 38.3 cm³/mol. The summed E-state index contributed by atoms with van der Waals surface area (Å²) in [5.41, 5.74) is 0. The summed E-state index contributed by atoms with van der Waals surface area (Å²) < 4.78 is 8.74. The number of esters is 2. The Kier molecular flexibility index (Phi) is 4.67. The molecule has 0 fully saturated rings. The van der Waals surface area contributed by atoms with Crippen molar-refractivity contribution in [2.45, 2.75) is 19.4 Å². The molecule has 0 aromatic carbocycles. The number of methoxy groups -OCH3 is 1. The standard InChI is InChI=1S/C7H10O5/c1-5(9)12-6(4-8)3-7(10)11-2/h4,6H,3H2,1-2H3/t6-/m1/s1. The molecule has 0 radical (unpaired) electrons. The number of aldehydes is 1. The van der Waals surface area contributed by atoms with Crippen LogP contribution in [0.15, 0.2) is 0 Å². The Hall–Kier alpha value is -1.39. The zero-order valence-electron chi connectivity index (χ0n) is 6.90. The summed E-state index contributed by atoms with van der Waals surface area (Å²) in [4.78, 5) is 31.1. The van der Waals surface area contributed by atoms with Crippen LogP contribution in [-0.2, 0) is 23.9 Å². The largest absolute Gasteiger partial charge is 0.469 e. The monoisotopic (exact) mass is 174 g/mol. The van der Waals surface area contributed by atoms with Crippen LogP contribution in [0.3, 0.4) is 0 Å². The smallest absolute Gasteiger partial charge is 0.309 e. The van der Waals surface area contributed by atoms with Gasteiger partial charge in [-0.25, -0.2) is 0 Å². The van der Waals surface area contributed by atoms with Gasteiger partial charge in [-0.15, -0.1) is 0 Å². The van der Waals surface area contributed by atoms with Gasteiger partial charge in [-0.1, -0.05) is 0 Å². The maximum atomic E-state index is 10.6. The zero-order valence-corrected chi connectivity index (χ0v) is 6.90. The number of hydrogen-bond donors (Lipinski definition) is 0. The van der Waals surface area contributed by atoms with E-state index in [9.17, 15) is 14.4 Å². The van der Waals surface area contributed by atoms with E-state index < -0.39 is 18.0 Å². The maximum absolute atomic E-state index is 10.6. The Labute approximate surface area is 69.6 Å². The van der Waals surface area contributed by atoms with Crippen LogP contribution >= 0.6 is 0 Å². The Balaban J connectivity index is 3.90. The lowest BCUT2D eigenvalue weighted by atomic mass is 10.3. The fourth-order valence-corrected chi connectivity index (χ4v) is 0.578. The third-order valence-electron chi connectivity index (χ3n) is 1.06. The van der Waals surface area contributed by atoms with Crippen LogP contribution in [0.1, 0.15) is 13.3 Å². The van der Waals surface area contributed by atoms with Crippen molar-refractivity contribution in [1.29, 1.82) is 0 Å². The number of carbonyl (C=O) groups excluding carboxylic acids is 3. The van der Waals surface area contributed by atoms with Crippen molar-refractivity contribution in [3.05, 3.63) is 0 Å². The molecule has 0 spiro atoms. The Morgan fingerprint density at radius 2 is 2.08 bits per heavy atom. The van der Waals surface area contributed by atoms with Crippen molar-refractivity contribution in [3.8, 4) is 0 Å². The van der Waals surface area contributed by atoms with Crippen molar-refractivity contribution in [3.63, 3.8) is 0 Å². The third kappa shape index (κ3) is 4.43. The van der Waals surface area contributed by atoms with Gasteiger partial charge in [0.2, 0.25) is 0 Å². The van der Waals surface area contributed by atoms with Gasteiger partial charge in [0, 0.05) is 6.92 Å². The molecule has 5 nitrogen and oxygen atoms in total. The van der Waals surface area contributed by atoms with Gasteiger partial charge < -0.3 is 9.47 Å². The Morgan fingerprint density at radius 1 is 1.50 bits per heavy atom. The van der Waals surface area contributed by atoms with Gasteiger partial charge in [0.15, 0.2) is 12.4 Å². The van der Waals surface area contributed by atoms with E-state index in [4.69, 9.17) is 0 Å². The van der Waals surface area contributed by atoms with E-state index in [0.29, 0.717) is 6.29 Å². The molecule has 0 rings (SSSR count). The van der Waals surface area contributed by atoms with Gasteiger partial charge in [-0.3, -0.25) is 14.4 Å². The van der Waals surface area contributed by atoms with Crippen LogP contribution in [-0.4, -0.2) is 31.4 Å². The van der Waals surface area contributed by atoms with E-state index in [-0.39, 0.29) is 6.42 Å². The van der Waals surface area contributed by atoms with Crippen molar-refractivity contribution in [1.82, 2.24) is 0 Å². The van der Waals surface area contributed by atoms with E-state index in [2.05, 4.69) is 9.47 Å². The molecule has 1 atom stereocenters.